The van der Waals surface area contributed by atoms with E-state index < -0.39 is 12.4 Å². The lowest BCUT2D eigenvalue weighted by Crippen LogP contribution is -2.25. The molecule has 0 spiro atoms. The van der Waals surface area contributed by atoms with Crippen LogP contribution in [0, 0.1) is 0 Å². The van der Waals surface area contributed by atoms with E-state index in [1.807, 2.05) is 56.3 Å². The molecule has 0 aliphatic heterocycles. The highest BCUT2D eigenvalue weighted by Crippen LogP contribution is 2.24. The fraction of sp³-hybridized carbons (Fsp3) is 0.333. The highest BCUT2D eigenvalue weighted by atomic mass is 16.7. The number of aliphatic hydroxyl groups is 1. The van der Waals surface area contributed by atoms with Crippen LogP contribution in [0.25, 0.3) is 11.1 Å². The predicted molar refractivity (Wildman–Crippen MR) is 83.9 cm³/mol. The first-order valence-electron chi connectivity index (χ1n) is 7.33. The number of rotatable bonds is 7. The molecular weight excluding hydrogens is 264 g/mol. The normalized spacial score (nSPS) is 12.6. The molecule has 0 aromatic heterocycles. The van der Waals surface area contributed by atoms with Gasteiger partial charge in [-0.15, -0.1) is 0 Å². The van der Waals surface area contributed by atoms with Crippen molar-refractivity contribution in [2.45, 2.75) is 26.2 Å². The molecule has 0 amide bonds. The van der Waals surface area contributed by atoms with E-state index in [1.165, 1.54) is 0 Å². The molecule has 0 aliphatic rings. The van der Waals surface area contributed by atoms with Gasteiger partial charge in [0, 0.05) is 13.2 Å². The Bertz CT molecular complexity index is 516. The Morgan fingerprint density at radius 3 is 1.86 bits per heavy atom. The number of hydrogen-bond donors (Lipinski definition) is 1. The van der Waals surface area contributed by atoms with Gasteiger partial charge in [-0.05, 0) is 30.5 Å². The Kier molecular flexibility index (Phi) is 5.93. The molecule has 2 aromatic carbocycles. The van der Waals surface area contributed by atoms with E-state index >= 15 is 0 Å². The molecule has 0 aliphatic carbocycles. The van der Waals surface area contributed by atoms with Gasteiger partial charge in [0.1, 0.15) is 6.10 Å². The zero-order chi connectivity index (χ0) is 15.1. The molecule has 112 valence electrons. The minimum absolute atomic E-state index is 0.504. The van der Waals surface area contributed by atoms with Gasteiger partial charge in [0.2, 0.25) is 0 Å². The van der Waals surface area contributed by atoms with E-state index in [9.17, 15) is 5.11 Å². The minimum atomic E-state index is -0.783. The highest BCUT2D eigenvalue weighted by molar-refractivity contribution is 5.63. The van der Waals surface area contributed by atoms with Crippen LogP contribution in [0.4, 0.5) is 0 Å². The SMILES string of the molecule is CCOC(OCC)C(O)c1ccc(-c2ccccc2)cc1. The van der Waals surface area contributed by atoms with Gasteiger partial charge < -0.3 is 14.6 Å². The highest BCUT2D eigenvalue weighted by Gasteiger charge is 2.21. The second-order valence-corrected chi connectivity index (χ2v) is 4.71. The van der Waals surface area contributed by atoms with Crippen LogP contribution in [0.1, 0.15) is 25.5 Å². The average molecular weight is 286 g/mol. The first-order valence-corrected chi connectivity index (χ1v) is 7.33. The summed E-state index contributed by atoms with van der Waals surface area (Å²) in [5.41, 5.74) is 3.07. The fourth-order valence-electron chi connectivity index (χ4n) is 2.22. The van der Waals surface area contributed by atoms with Crippen LogP contribution in [-0.4, -0.2) is 24.6 Å². The third-order valence-corrected chi connectivity index (χ3v) is 3.28. The maximum Gasteiger partial charge on any atom is 0.187 e. The van der Waals surface area contributed by atoms with Crippen LogP contribution >= 0.6 is 0 Å². The summed E-state index contributed by atoms with van der Waals surface area (Å²) in [6.07, 6.45) is -1.41. The summed E-state index contributed by atoms with van der Waals surface area (Å²) in [6.45, 7) is 4.78. The smallest absolute Gasteiger partial charge is 0.187 e. The second kappa shape index (κ2) is 7.93. The summed E-state index contributed by atoms with van der Waals surface area (Å²) in [5, 5.41) is 10.4. The molecule has 1 unspecified atom stereocenters. The van der Waals surface area contributed by atoms with Crippen LogP contribution in [-0.2, 0) is 9.47 Å². The third kappa shape index (κ3) is 4.14. The van der Waals surface area contributed by atoms with Crippen LogP contribution < -0.4 is 0 Å². The number of ether oxygens (including phenoxy) is 2. The predicted octanol–water partition coefficient (Wildman–Crippen LogP) is 3.79. The summed E-state index contributed by atoms with van der Waals surface area (Å²) >= 11 is 0. The Labute approximate surface area is 126 Å². The van der Waals surface area contributed by atoms with Crippen molar-refractivity contribution in [1.29, 1.82) is 0 Å². The molecule has 1 atom stereocenters. The molecule has 3 nitrogen and oxygen atoms in total. The molecule has 3 heteroatoms. The average Bonchev–Trinajstić information content (AvgIpc) is 2.55. The Hall–Kier alpha value is -1.68. The Morgan fingerprint density at radius 1 is 0.810 bits per heavy atom. The number of aliphatic hydroxyl groups excluding tert-OH is 1. The van der Waals surface area contributed by atoms with Gasteiger partial charge in [-0.3, -0.25) is 0 Å². The molecule has 2 aromatic rings. The van der Waals surface area contributed by atoms with Gasteiger partial charge in [-0.25, -0.2) is 0 Å². The standard InChI is InChI=1S/C18H22O3/c1-3-20-18(21-4-2)17(19)16-12-10-15(11-13-16)14-8-6-5-7-9-14/h5-13,17-19H,3-4H2,1-2H3. The van der Waals surface area contributed by atoms with Crippen molar-refractivity contribution < 1.29 is 14.6 Å². The van der Waals surface area contributed by atoms with Gasteiger partial charge in [0.15, 0.2) is 6.29 Å². The number of benzene rings is 2. The monoisotopic (exact) mass is 286 g/mol. The molecule has 1 N–H and O–H groups in total. The Balaban J connectivity index is 2.14. The molecule has 0 bridgehead atoms. The van der Waals surface area contributed by atoms with Crippen LogP contribution in [0.15, 0.2) is 54.6 Å². The quantitative estimate of drug-likeness (QED) is 0.787. The third-order valence-electron chi connectivity index (χ3n) is 3.28. The van der Waals surface area contributed by atoms with Crippen molar-refractivity contribution in [3.05, 3.63) is 60.2 Å². The van der Waals surface area contributed by atoms with E-state index in [2.05, 4.69) is 12.1 Å². The lowest BCUT2D eigenvalue weighted by atomic mass is 10.0. The maximum absolute atomic E-state index is 10.4. The van der Waals surface area contributed by atoms with E-state index in [-0.39, 0.29) is 0 Å². The van der Waals surface area contributed by atoms with Crippen molar-refractivity contribution in [3.8, 4) is 11.1 Å². The molecule has 0 saturated heterocycles. The van der Waals surface area contributed by atoms with Crippen molar-refractivity contribution in [2.24, 2.45) is 0 Å². The maximum atomic E-state index is 10.4. The van der Waals surface area contributed by atoms with Gasteiger partial charge in [0.05, 0.1) is 0 Å². The van der Waals surface area contributed by atoms with Crippen LogP contribution in [0.3, 0.4) is 0 Å². The molecule has 21 heavy (non-hydrogen) atoms. The van der Waals surface area contributed by atoms with Gasteiger partial charge in [-0.2, -0.15) is 0 Å². The van der Waals surface area contributed by atoms with Crippen LogP contribution in [0.5, 0.6) is 0 Å². The van der Waals surface area contributed by atoms with Gasteiger partial charge in [0.25, 0.3) is 0 Å². The molecule has 0 radical (unpaired) electrons. The van der Waals surface area contributed by atoms with Crippen molar-refractivity contribution in [1.82, 2.24) is 0 Å². The van der Waals surface area contributed by atoms with Crippen molar-refractivity contribution >= 4 is 0 Å². The second-order valence-electron chi connectivity index (χ2n) is 4.71. The summed E-state index contributed by atoms with van der Waals surface area (Å²) in [5.74, 6) is 0. The lowest BCUT2D eigenvalue weighted by Gasteiger charge is -2.23. The first-order chi connectivity index (χ1) is 10.3. The van der Waals surface area contributed by atoms with E-state index in [4.69, 9.17) is 9.47 Å². The topological polar surface area (TPSA) is 38.7 Å². The summed E-state index contributed by atoms with van der Waals surface area (Å²) in [7, 11) is 0. The van der Waals surface area contributed by atoms with Crippen molar-refractivity contribution in [3.63, 3.8) is 0 Å². The molecular formula is C18H22O3. The first kappa shape index (κ1) is 15.7. The van der Waals surface area contributed by atoms with E-state index in [1.54, 1.807) is 0 Å². The summed E-state index contributed by atoms with van der Waals surface area (Å²) in [6, 6.07) is 18.0. The summed E-state index contributed by atoms with van der Waals surface area (Å²) in [4.78, 5) is 0. The zero-order valence-electron chi connectivity index (χ0n) is 12.5. The molecule has 0 heterocycles. The van der Waals surface area contributed by atoms with E-state index in [0.29, 0.717) is 13.2 Å². The largest absolute Gasteiger partial charge is 0.383 e. The molecule has 2 rings (SSSR count). The minimum Gasteiger partial charge on any atom is -0.383 e. The Morgan fingerprint density at radius 2 is 1.33 bits per heavy atom. The fourth-order valence-corrected chi connectivity index (χ4v) is 2.22. The summed E-state index contributed by atoms with van der Waals surface area (Å²) < 4.78 is 10.9. The van der Waals surface area contributed by atoms with Crippen molar-refractivity contribution in [2.75, 3.05) is 13.2 Å². The number of hydrogen-bond acceptors (Lipinski definition) is 3. The molecule has 0 saturated carbocycles. The molecule has 0 fully saturated rings. The van der Waals surface area contributed by atoms with E-state index in [0.717, 1.165) is 16.7 Å². The lowest BCUT2D eigenvalue weighted by molar-refractivity contribution is -0.191. The van der Waals surface area contributed by atoms with Crippen LogP contribution in [0.2, 0.25) is 0 Å². The van der Waals surface area contributed by atoms with Gasteiger partial charge in [-0.1, -0.05) is 54.6 Å². The zero-order valence-corrected chi connectivity index (χ0v) is 12.5. The van der Waals surface area contributed by atoms with Gasteiger partial charge >= 0.3 is 0 Å².